The topological polar surface area (TPSA) is 50.8 Å². The van der Waals surface area contributed by atoms with Crippen molar-refractivity contribution in [3.63, 3.8) is 0 Å². The number of benzene rings is 2. The van der Waals surface area contributed by atoms with Crippen LogP contribution in [0.2, 0.25) is 5.02 Å². The summed E-state index contributed by atoms with van der Waals surface area (Å²) in [7, 11) is 1.66. The van der Waals surface area contributed by atoms with Gasteiger partial charge in [0.05, 0.1) is 13.2 Å². The van der Waals surface area contributed by atoms with E-state index in [1.54, 1.807) is 14.0 Å². The Bertz CT molecular complexity index is 845. The van der Waals surface area contributed by atoms with Crippen LogP contribution in [-0.2, 0) is 4.79 Å². The van der Waals surface area contributed by atoms with Crippen molar-refractivity contribution < 1.29 is 14.3 Å². The zero-order valence-electron chi connectivity index (χ0n) is 18.6. The van der Waals surface area contributed by atoms with Crippen LogP contribution in [0.15, 0.2) is 36.4 Å². The monoisotopic (exact) mass is 466 g/mol. The molecule has 3 rings (SSSR count). The average molecular weight is 467 g/mol. The first-order valence-corrected chi connectivity index (χ1v) is 10.9. The summed E-state index contributed by atoms with van der Waals surface area (Å²) in [4.78, 5) is 15.2. The van der Waals surface area contributed by atoms with E-state index in [2.05, 4.69) is 22.3 Å². The highest BCUT2D eigenvalue weighted by Gasteiger charge is 2.25. The van der Waals surface area contributed by atoms with E-state index in [1.165, 1.54) is 18.4 Å². The Labute approximate surface area is 196 Å². The van der Waals surface area contributed by atoms with Crippen molar-refractivity contribution in [3.05, 3.63) is 58.1 Å². The third kappa shape index (κ3) is 6.52. The van der Waals surface area contributed by atoms with Gasteiger partial charge in [-0.2, -0.15) is 0 Å². The third-order valence-electron chi connectivity index (χ3n) is 5.64. The number of halogens is 2. The van der Waals surface area contributed by atoms with Gasteiger partial charge in [0.2, 0.25) is 0 Å². The van der Waals surface area contributed by atoms with Gasteiger partial charge in [-0.3, -0.25) is 9.69 Å². The van der Waals surface area contributed by atoms with Crippen LogP contribution >= 0.6 is 24.0 Å². The molecule has 170 valence electrons. The zero-order chi connectivity index (χ0) is 21.7. The van der Waals surface area contributed by atoms with E-state index in [9.17, 15) is 4.79 Å². The summed E-state index contributed by atoms with van der Waals surface area (Å²) in [5.41, 5.74) is 3.05. The molecular formula is C24H32Cl2N2O3. The molecule has 0 bridgehead atoms. The number of rotatable bonds is 8. The fourth-order valence-corrected chi connectivity index (χ4v) is 4.02. The Morgan fingerprint density at radius 1 is 1.10 bits per heavy atom. The maximum Gasteiger partial charge on any atom is 0.260 e. The Hall–Kier alpha value is -1.95. The number of likely N-dealkylation sites (tertiary alicyclic amines) is 1. The van der Waals surface area contributed by atoms with Crippen LogP contribution in [-0.4, -0.2) is 43.7 Å². The van der Waals surface area contributed by atoms with Crippen molar-refractivity contribution in [2.75, 3.05) is 26.7 Å². The highest BCUT2D eigenvalue weighted by molar-refractivity contribution is 6.32. The molecule has 0 spiro atoms. The zero-order valence-corrected chi connectivity index (χ0v) is 20.2. The summed E-state index contributed by atoms with van der Waals surface area (Å²) in [5, 5.41) is 3.81. The molecule has 0 saturated carbocycles. The van der Waals surface area contributed by atoms with Crippen LogP contribution in [0.25, 0.3) is 0 Å². The Morgan fingerprint density at radius 3 is 2.23 bits per heavy atom. The molecule has 1 amide bonds. The van der Waals surface area contributed by atoms with E-state index >= 15 is 0 Å². The van der Waals surface area contributed by atoms with Gasteiger partial charge in [0.15, 0.2) is 6.10 Å². The number of carbonyl (C=O) groups excluding carboxylic acids is 1. The maximum absolute atomic E-state index is 12.7. The molecule has 0 radical (unpaired) electrons. The molecule has 2 aromatic carbocycles. The number of nitrogens with zero attached hydrogens (tertiary/aromatic N) is 1. The van der Waals surface area contributed by atoms with E-state index in [0.717, 1.165) is 35.0 Å². The summed E-state index contributed by atoms with van der Waals surface area (Å²) < 4.78 is 11.2. The number of aryl methyl sites for hydroxylation is 2. The lowest BCUT2D eigenvalue weighted by Gasteiger charge is -2.29. The van der Waals surface area contributed by atoms with Gasteiger partial charge in [0.1, 0.15) is 11.5 Å². The molecule has 7 heteroatoms. The van der Waals surface area contributed by atoms with Crippen LogP contribution in [0.4, 0.5) is 0 Å². The Balaban J connectivity index is 0.00000341. The van der Waals surface area contributed by atoms with Gasteiger partial charge >= 0.3 is 0 Å². The second kappa shape index (κ2) is 11.6. The first-order chi connectivity index (χ1) is 14.4. The number of carbonyl (C=O) groups is 1. The lowest BCUT2D eigenvalue weighted by Crippen LogP contribution is -2.42. The highest BCUT2D eigenvalue weighted by Crippen LogP contribution is 2.28. The van der Waals surface area contributed by atoms with Crippen molar-refractivity contribution in [2.45, 2.75) is 45.8 Å². The van der Waals surface area contributed by atoms with Crippen LogP contribution < -0.4 is 14.8 Å². The first kappa shape index (κ1) is 25.3. The van der Waals surface area contributed by atoms with Crippen molar-refractivity contribution in [1.29, 1.82) is 0 Å². The third-order valence-corrected chi connectivity index (χ3v) is 6.24. The molecule has 5 nitrogen and oxygen atoms in total. The fraction of sp³-hybridized carbons (Fsp3) is 0.458. The van der Waals surface area contributed by atoms with Gasteiger partial charge < -0.3 is 14.8 Å². The van der Waals surface area contributed by atoms with Gasteiger partial charge in [-0.15, -0.1) is 12.4 Å². The smallest absolute Gasteiger partial charge is 0.260 e. The van der Waals surface area contributed by atoms with Crippen LogP contribution in [0.3, 0.4) is 0 Å². The Morgan fingerprint density at radius 2 is 1.68 bits per heavy atom. The molecule has 1 aliphatic rings. The molecule has 2 aromatic rings. The van der Waals surface area contributed by atoms with Crippen molar-refractivity contribution in [2.24, 2.45) is 0 Å². The standard InChI is InChI=1S/C24H31ClN2O3.ClH/c1-16-13-21(14-17(2)23(16)25)30-18(3)24(28)26-15-22(27-11-5-6-12-27)19-7-9-20(29-4)10-8-19;/h7-10,13-14,18,22H,5-6,11-12,15H2,1-4H3,(H,26,28);1H. The first-order valence-electron chi connectivity index (χ1n) is 10.5. The normalized spacial score (nSPS) is 15.6. The molecule has 1 saturated heterocycles. The molecule has 2 unspecified atom stereocenters. The Kier molecular flexibility index (Phi) is 9.48. The molecule has 1 heterocycles. The number of ether oxygens (including phenoxy) is 2. The van der Waals surface area contributed by atoms with Crippen LogP contribution in [0, 0.1) is 13.8 Å². The van der Waals surface area contributed by atoms with E-state index in [4.69, 9.17) is 21.1 Å². The number of methoxy groups -OCH3 is 1. The predicted molar refractivity (Wildman–Crippen MR) is 128 cm³/mol. The summed E-state index contributed by atoms with van der Waals surface area (Å²) in [6.45, 7) is 8.26. The molecule has 1 fully saturated rings. The van der Waals surface area contributed by atoms with Gasteiger partial charge in [0.25, 0.3) is 5.91 Å². The lowest BCUT2D eigenvalue weighted by atomic mass is 10.1. The number of amides is 1. The second-order valence-corrected chi connectivity index (χ2v) is 8.29. The number of nitrogens with one attached hydrogen (secondary N) is 1. The van der Waals surface area contributed by atoms with E-state index in [1.807, 2.05) is 38.1 Å². The average Bonchev–Trinajstić information content (AvgIpc) is 3.27. The predicted octanol–water partition coefficient (Wildman–Crippen LogP) is 5.11. The van der Waals surface area contributed by atoms with Gasteiger partial charge in [-0.1, -0.05) is 23.7 Å². The van der Waals surface area contributed by atoms with Gasteiger partial charge in [-0.05, 0) is 87.7 Å². The molecule has 1 N–H and O–H groups in total. The largest absolute Gasteiger partial charge is 0.497 e. The SMILES string of the molecule is COc1ccc(C(CNC(=O)C(C)Oc2cc(C)c(Cl)c(C)c2)N2CCCC2)cc1.Cl. The van der Waals surface area contributed by atoms with Gasteiger partial charge in [0, 0.05) is 11.6 Å². The highest BCUT2D eigenvalue weighted by atomic mass is 35.5. The number of hydrogen-bond donors (Lipinski definition) is 1. The second-order valence-electron chi connectivity index (χ2n) is 7.91. The number of hydrogen-bond acceptors (Lipinski definition) is 4. The minimum absolute atomic E-state index is 0. The summed E-state index contributed by atoms with van der Waals surface area (Å²) in [6, 6.07) is 12.0. The summed E-state index contributed by atoms with van der Waals surface area (Å²) in [6.07, 6.45) is 1.78. The minimum Gasteiger partial charge on any atom is -0.497 e. The lowest BCUT2D eigenvalue weighted by molar-refractivity contribution is -0.127. The quantitative estimate of drug-likeness (QED) is 0.587. The van der Waals surface area contributed by atoms with Crippen molar-refractivity contribution in [3.8, 4) is 11.5 Å². The van der Waals surface area contributed by atoms with Crippen molar-refractivity contribution in [1.82, 2.24) is 10.2 Å². The molecule has 2 atom stereocenters. The van der Waals surface area contributed by atoms with E-state index < -0.39 is 6.10 Å². The molecule has 1 aliphatic heterocycles. The molecule has 0 aliphatic carbocycles. The molecule has 0 aromatic heterocycles. The summed E-state index contributed by atoms with van der Waals surface area (Å²) >= 11 is 6.23. The maximum atomic E-state index is 12.7. The van der Waals surface area contributed by atoms with Crippen LogP contribution in [0.1, 0.15) is 42.5 Å². The van der Waals surface area contributed by atoms with E-state index in [-0.39, 0.29) is 24.4 Å². The van der Waals surface area contributed by atoms with Crippen molar-refractivity contribution >= 4 is 29.9 Å². The summed E-state index contributed by atoms with van der Waals surface area (Å²) in [5.74, 6) is 1.36. The van der Waals surface area contributed by atoms with Gasteiger partial charge in [-0.25, -0.2) is 0 Å². The minimum atomic E-state index is -0.597. The molecular weight excluding hydrogens is 435 g/mol. The molecule has 31 heavy (non-hydrogen) atoms. The van der Waals surface area contributed by atoms with Crippen LogP contribution in [0.5, 0.6) is 11.5 Å². The van der Waals surface area contributed by atoms with E-state index in [0.29, 0.717) is 12.3 Å². The fourth-order valence-electron chi connectivity index (χ4n) is 3.91.